The summed E-state index contributed by atoms with van der Waals surface area (Å²) in [7, 11) is 0. The van der Waals surface area contributed by atoms with Crippen LogP contribution in [0.3, 0.4) is 0 Å². The number of halogens is 2. The molecule has 0 radical (unpaired) electrons. The van der Waals surface area contributed by atoms with Gasteiger partial charge in [-0.25, -0.2) is 0 Å². The quantitative estimate of drug-likeness (QED) is 0.523. The Morgan fingerprint density at radius 1 is 1.14 bits per heavy atom. The van der Waals surface area contributed by atoms with E-state index in [1.807, 2.05) is 0 Å². The Bertz CT molecular complexity index is 156. The molecule has 14 heavy (non-hydrogen) atoms. The number of rotatable bonds is 6. The molecule has 0 aliphatic carbocycles. The van der Waals surface area contributed by atoms with Crippen LogP contribution in [-0.2, 0) is 9.47 Å². The van der Waals surface area contributed by atoms with Crippen LogP contribution >= 0.6 is 23.2 Å². The molecule has 1 heterocycles. The maximum absolute atomic E-state index is 6.14. The molecule has 1 aliphatic heterocycles. The molecule has 0 unspecified atom stereocenters. The van der Waals surface area contributed by atoms with Gasteiger partial charge < -0.3 is 9.47 Å². The Hall–Kier alpha value is 0.500. The van der Waals surface area contributed by atoms with E-state index in [9.17, 15) is 0 Å². The SMILES string of the molecule is CCCCCCC(Cl)(Cl)C1OCCO1. The number of hydrogen-bond donors (Lipinski definition) is 0. The Morgan fingerprint density at radius 3 is 2.36 bits per heavy atom. The zero-order valence-corrected chi connectivity index (χ0v) is 10.1. The van der Waals surface area contributed by atoms with Gasteiger partial charge in [0.1, 0.15) is 0 Å². The van der Waals surface area contributed by atoms with Crippen molar-refractivity contribution in [3.63, 3.8) is 0 Å². The summed E-state index contributed by atoms with van der Waals surface area (Å²) >= 11 is 12.3. The van der Waals surface area contributed by atoms with Crippen LogP contribution in [0, 0.1) is 0 Å². The first-order valence-electron chi connectivity index (χ1n) is 5.28. The first-order valence-corrected chi connectivity index (χ1v) is 6.03. The molecule has 0 atom stereocenters. The summed E-state index contributed by atoms with van der Waals surface area (Å²) in [6.07, 6.45) is 4.95. The number of unbranched alkanes of at least 4 members (excludes halogenated alkanes) is 3. The average molecular weight is 241 g/mol. The van der Waals surface area contributed by atoms with Gasteiger partial charge in [-0.1, -0.05) is 55.8 Å². The molecule has 2 nitrogen and oxygen atoms in total. The maximum Gasteiger partial charge on any atom is 0.190 e. The van der Waals surface area contributed by atoms with Crippen molar-refractivity contribution in [3.8, 4) is 0 Å². The van der Waals surface area contributed by atoms with E-state index >= 15 is 0 Å². The Morgan fingerprint density at radius 2 is 1.79 bits per heavy atom. The highest BCUT2D eigenvalue weighted by Crippen LogP contribution is 2.35. The molecule has 1 fully saturated rings. The van der Waals surface area contributed by atoms with E-state index in [0.717, 1.165) is 12.8 Å². The molecule has 0 aromatic rings. The minimum Gasteiger partial charge on any atom is -0.347 e. The lowest BCUT2D eigenvalue weighted by Gasteiger charge is -2.24. The summed E-state index contributed by atoms with van der Waals surface area (Å²) in [6.45, 7) is 3.37. The van der Waals surface area contributed by atoms with E-state index in [0.29, 0.717) is 13.2 Å². The van der Waals surface area contributed by atoms with Gasteiger partial charge in [-0.2, -0.15) is 0 Å². The highest BCUT2D eigenvalue weighted by Gasteiger charge is 2.38. The van der Waals surface area contributed by atoms with Crippen molar-refractivity contribution in [3.05, 3.63) is 0 Å². The van der Waals surface area contributed by atoms with E-state index < -0.39 is 10.6 Å². The van der Waals surface area contributed by atoms with Crippen LogP contribution in [0.2, 0.25) is 0 Å². The van der Waals surface area contributed by atoms with Crippen LogP contribution in [0.1, 0.15) is 39.0 Å². The van der Waals surface area contributed by atoms with Crippen molar-refractivity contribution < 1.29 is 9.47 Å². The van der Waals surface area contributed by atoms with Crippen LogP contribution in [0.5, 0.6) is 0 Å². The van der Waals surface area contributed by atoms with Crippen LogP contribution in [-0.4, -0.2) is 23.8 Å². The molecule has 4 heteroatoms. The lowest BCUT2D eigenvalue weighted by atomic mass is 10.1. The molecule has 0 aromatic heterocycles. The third-order valence-corrected chi connectivity index (χ3v) is 3.06. The Labute approximate surface area is 95.9 Å². The fourth-order valence-corrected chi connectivity index (χ4v) is 2.03. The second-order valence-corrected chi connectivity index (χ2v) is 5.19. The van der Waals surface area contributed by atoms with Gasteiger partial charge in [0.05, 0.1) is 13.2 Å². The monoisotopic (exact) mass is 240 g/mol. The summed E-state index contributed by atoms with van der Waals surface area (Å²) in [5.41, 5.74) is 0. The summed E-state index contributed by atoms with van der Waals surface area (Å²) in [5, 5.41) is 0. The number of ether oxygens (including phenoxy) is 2. The standard InChI is InChI=1S/C10H18Cl2O2/c1-2-3-4-5-6-10(11,12)9-13-7-8-14-9/h9H,2-8H2,1H3. The molecule has 0 saturated carbocycles. The Balaban J connectivity index is 2.19. The largest absolute Gasteiger partial charge is 0.347 e. The van der Waals surface area contributed by atoms with Crippen LogP contribution in [0.25, 0.3) is 0 Å². The third-order valence-electron chi connectivity index (χ3n) is 2.33. The first kappa shape index (κ1) is 12.6. The van der Waals surface area contributed by atoms with Gasteiger partial charge in [0.2, 0.25) is 0 Å². The van der Waals surface area contributed by atoms with Gasteiger partial charge >= 0.3 is 0 Å². The molecule has 0 aromatic carbocycles. The van der Waals surface area contributed by atoms with Gasteiger partial charge in [-0.3, -0.25) is 0 Å². The predicted octanol–water partition coefficient (Wildman–Crippen LogP) is 3.50. The number of alkyl halides is 2. The van der Waals surface area contributed by atoms with E-state index in [4.69, 9.17) is 32.7 Å². The molecule has 1 saturated heterocycles. The zero-order chi connectivity index (χ0) is 10.4. The first-order chi connectivity index (χ1) is 6.67. The van der Waals surface area contributed by atoms with Crippen molar-refractivity contribution in [2.45, 2.75) is 49.7 Å². The highest BCUT2D eigenvalue weighted by atomic mass is 35.5. The molecular formula is C10H18Cl2O2. The van der Waals surface area contributed by atoms with Crippen molar-refractivity contribution in [1.82, 2.24) is 0 Å². The molecule has 0 spiro atoms. The molecule has 0 N–H and O–H groups in total. The topological polar surface area (TPSA) is 18.5 Å². The second kappa shape index (κ2) is 6.16. The highest BCUT2D eigenvalue weighted by molar-refractivity contribution is 6.48. The normalized spacial score (nSPS) is 19.1. The molecule has 0 bridgehead atoms. The van der Waals surface area contributed by atoms with Gasteiger partial charge in [-0.05, 0) is 6.42 Å². The molecule has 1 aliphatic rings. The minimum atomic E-state index is -0.871. The maximum atomic E-state index is 6.14. The van der Waals surface area contributed by atoms with Gasteiger partial charge in [0, 0.05) is 0 Å². The number of hydrogen-bond acceptors (Lipinski definition) is 2. The van der Waals surface area contributed by atoms with Crippen molar-refractivity contribution in [2.75, 3.05) is 13.2 Å². The molecule has 0 amide bonds. The van der Waals surface area contributed by atoms with Crippen LogP contribution < -0.4 is 0 Å². The van der Waals surface area contributed by atoms with Crippen LogP contribution in [0.15, 0.2) is 0 Å². The predicted molar refractivity (Wildman–Crippen MR) is 58.9 cm³/mol. The second-order valence-electron chi connectivity index (χ2n) is 3.65. The summed E-state index contributed by atoms with van der Waals surface area (Å²) in [5.74, 6) is 0. The van der Waals surface area contributed by atoms with Crippen LogP contribution in [0.4, 0.5) is 0 Å². The van der Waals surface area contributed by atoms with Crippen molar-refractivity contribution in [2.24, 2.45) is 0 Å². The molecular weight excluding hydrogens is 223 g/mol. The zero-order valence-electron chi connectivity index (χ0n) is 8.60. The summed E-state index contributed by atoms with van der Waals surface area (Å²) < 4.78 is 9.71. The fraction of sp³-hybridized carbons (Fsp3) is 1.00. The summed E-state index contributed by atoms with van der Waals surface area (Å²) in [6, 6.07) is 0. The summed E-state index contributed by atoms with van der Waals surface area (Å²) in [4.78, 5) is 0. The lowest BCUT2D eigenvalue weighted by Crippen LogP contribution is -2.31. The molecule has 84 valence electrons. The van der Waals surface area contributed by atoms with Gasteiger partial charge in [0.25, 0.3) is 0 Å². The fourth-order valence-electron chi connectivity index (χ4n) is 1.51. The smallest absolute Gasteiger partial charge is 0.190 e. The van der Waals surface area contributed by atoms with Gasteiger partial charge in [0.15, 0.2) is 10.6 Å². The van der Waals surface area contributed by atoms with Gasteiger partial charge in [-0.15, -0.1) is 0 Å². The van der Waals surface area contributed by atoms with E-state index in [-0.39, 0.29) is 0 Å². The van der Waals surface area contributed by atoms with E-state index in [1.165, 1.54) is 19.3 Å². The van der Waals surface area contributed by atoms with Crippen molar-refractivity contribution >= 4 is 23.2 Å². The van der Waals surface area contributed by atoms with E-state index in [2.05, 4.69) is 6.92 Å². The average Bonchev–Trinajstić information content (AvgIpc) is 2.65. The van der Waals surface area contributed by atoms with Crippen molar-refractivity contribution in [1.29, 1.82) is 0 Å². The Kier molecular flexibility index (Phi) is 5.53. The lowest BCUT2D eigenvalue weighted by molar-refractivity contribution is -0.0546. The van der Waals surface area contributed by atoms with E-state index in [1.54, 1.807) is 0 Å². The minimum absolute atomic E-state index is 0.438. The molecule has 1 rings (SSSR count). The third kappa shape index (κ3) is 3.93.